The molecule has 2 aromatic carbocycles. The fraction of sp³-hybridized carbons (Fsp3) is 0.429. The van der Waals surface area contributed by atoms with Crippen LogP contribution in [-0.2, 0) is 33.2 Å². The predicted molar refractivity (Wildman–Crippen MR) is 175 cm³/mol. The van der Waals surface area contributed by atoms with Crippen molar-refractivity contribution < 1.29 is 59.3 Å². The zero-order chi connectivity index (χ0) is 39.2. The van der Waals surface area contributed by atoms with E-state index in [0.29, 0.717) is 57.7 Å². The van der Waals surface area contributed by atoms with Gasteiger partial charge in [0.05, 0.1) is 42.2 Å². The van der Waals surface area contributed by atoms with Crippen LogP contribution in [0.2, 0.25) is 0 Å². The predicted octanol–water partition coefficient (Wildman–Crippen LogP) is 6.04. The van der Waals surface area contributed by atoms with Gasteiger partial charge >= 0.3 is 12.4 Å². The highest BCUT2D eigenvalue weighted by molar-refractivity contribution is 6.24. The van der Waals surface area contributed by atoms with Gasteiger partial charge in [-0.25, -0.2) is 19.4 Å². The first-order valence-corrected chi connectivity index (χ1v) is 16.7. The Morgan fingerprint density at radius 3 is 2.35 bits per heavy atom. The van der Waals surface area contributed by atoms with E-state index < -0.39 is 93.0 Å². The molecule has 1 saturated carbocycles. The molecule has 2 aliphatic heterocycles. The molecule has 1 saturated heterocycles. The maximum absolute atomic E-state index is 15.5. The molecule has 3 aliphatic rings. The van der Waals surface area contributed by atoms with Crippen molar-refractivity contribution in [1.82, 2.24) is 24.9 Å². The number of nitrogens with zero attached hydrogens (tertiary/aromatic N) is 5. The van der Waals surface area contributed by atoms with Crippen LogP contribution in [0, 0.1) is 18.6 Å². The first-order valence-electron chi connectivity index (χ1n) is 16.7. The van der Waals surface area contributed by atoms with Gasteiger partial charge in [0, 0.05) is 43.4 Å². The molecule has 0 radical (unpaired) electrons. The van der Waals surface area contributed by atoms with Crippen molar-refractivity contribution in [3.63, 3.8) is 0 Å². The van der Waals surface area contributed by atoms with Gasteiger partial charge in [0.1, 0.15) is 24.3 Å². The van der Waals surface area contributed by atoms with Crippen LogP contribution in [0.1, 0.15) is 41.6 Å². The van der Waals surface area contributed by atoms with Crippen LogP contribution in [0.5, 0.6) is 5.75 Å². The molecule has 2 N–H and O–H groups in total. The zero-order valence-corrected chi connectivity index (χ0v) is 28.9. The van der Waals surface area contributed by atoms with E-state index >= 15 is 8.78 Å². The molecule has 2 amide bonds. The minimum atomic E-state index is -5.00. The second-order valence-electron chi connectivity index (χ2n) is 13.1. The van der Waals surface area contributed by atoms with E-state index in [4.69, 9.17) is 9.47 Å². The van der Waals surface area contributed by atoms with E-state index in [1.54, 1.807) is 0 Å². The number of aliphatic hydroxyl groups excluding tert-OH is 1. The number of ether oxygens (including phenoxy) is 2. The molecule has 3 heterocycles. The summed E-state index contributed by atoms with van der Waals surface area (Å²) in [6.45, 7) is 3.27. The summed E-state index contributed by atoms with van der Waals surface area (Å²) in [5, 5.41) is 15.9. The molecule has 0 atom stereocenters. The smallest absolute Gasteiger partial charge is 0.433 e. The number of aliphatic hydroxyl groups is 1. The number of benzene rings is 2. The zero-order valence-electron chi connectivity index (χ0n) is 28.9. The third-order valence-electron chi connectivity index (χ3n) is 9.93. The molecular weight excluding hydrogens is 736 g/mol. The summed E-state index contributed by atoms with van der Waals surface area (Å²) in [5.74, 6) is -6.13. The van der Waals surface area contributed by atoms with Crippen molar-refractivity contribution >= 4 is 17.5 Å². The van der Waals surface area contributed by atoms with Gasteiger partial charge in [0.2, 0.25) is 5.82 Å². The van der Waals surface area contributed by atoms with Crippen molar-refractivity contribution in [2.24, 2.45) is 0 Å². The molecule has 19 heteroatoms. The first kappa shape index (κ1) is 38.8. The van der Waals surface area contributed by atoms with E-state index in [1.807, 2.05) is 4.90 Å². The van der Waals surface area contributed by atoms with Crippen molar-refractivity contribution in [2.75, 3.05) is 51.8 Å². The Balaban J connectivity index is 1.30. The lowest BCUT2D eigenvalue weighted by Crippen LogP contribution is -2.65. The van der Waals surface area contributed by atoms with Gasteiger partial charge in [0.15, 0.2) is 17.3 Å². The Kier molecular flexibility index (Phi) is 10.6. The molecule has 54 heavy (non-hydrogen) atoms. The molecule has 0 bridgehead atoms. The molecule has 1 spiro atoms. The number of carbonyl (C=O) groups is 2. The number of nitrogens with one attached hydrogen (secondary N) is 1. The minimum Gasteiger partial charge on any atom is -0.509 e. The van der Waals surface area contributed by atoms with Crippen LogP contribution >= 0.6 is 0 Å². The van der Waals surface area contributed by atoms with Crippen molar-refractivity contribution in [2.45, 2.75) is 50.6 Å². The van der Waals surface area contributed by atoms with Crippen LogP contribution in [0.15, 0.2) is 48.0 Å². The molecule has 0 unspecified atom stereocenters. The molecule has 3 aromatic rings. The highest BCUT2D eigenvalue weighted by Crippen LogP contribution is 2.47. The van der Waals surface area contributed by atoms with E-state index in [1.165, 1.54) is 24.2 Å². The lowest BCUT2D eigenvalue weighted by atomic mass is 9.72. The molecule has 1 aliphatic carbocycles. The number of hydrogen-bond donors (Lipinski definition) is 2. The SMILES string of the molecule is Cc1c(-c2cc(C(F)(F)F)ccc2NC(=O)C2=C(O)C3(CCC3)N(C)N(Cc3ccc(OCCN4CCOCC4)c(F)c3F)C2=O)ncnc1C(F)(F)F. The Morgan fingerprint density at radius 1 is 1.02 bits per heavy atom. The van der Waals surface area contributed by atoms with Crippen LogP contribution in [0.3, 0.4) is 0 Å². The van der Waals surface area contributed by atoms with Crippen LogP contribution in [0.25, 0.3) is 11.3 Å². The van der Waals surface area contributed by atoms with E-state index in [-0.39, 0.29) is 30.8 Å². The summed E-state index contributed by atoms with van der Waals surface area (Å²) in [6, 6.07) is 4.25. The number of hydrazine groups is 1. The van der Waals surface area contributed by atoms with Crippen LogP contribution in [0.4, 0.5) is 40.8 Å². The summed E-state index contributed by atoms with van der Waals surface area (Å²) in [5.41, 5.74) is -7.45. The Morgan fingerprint density at radius 2 is 1.72 bits per heavy atom. The van der Waals surface area contributed by atoms with Crippen LogP contribution in [-0.4, -0.2) is 93.8 Å². The second-order valence-corrected chi connectivity index (χ2v) is 13.1. The summed E-state index contributed by atoms with van der Waals surface area (Å²) in [4.78, 5) is 36.9. The highest BCUT2D eigenvalue weighted by Gasteiger charge is 2.55. The highest BCUT2D eigenvalue weighted by atomic mass is 19.4. The fourth-order valence-electron chi connectivity index (χ4n) is 6.73. The number of rotatable bonds is 9. The Hall–Kier alpha value is -4.88. The lowest BCUT2D eigenvalue weighted by molar-refractivity contribution is -0.172. The molecular formula is C35H34F8N6O5. The number of hydrogen-bond acceptors (Lipinski definition) is 9. The second kappa shape index (κ2) is 14.7. The average molecular weight is 771 g/mol. The topological polar surface area (TPSA) is 120 Å². The standard InChI is InChI=1S/C35H34F8N6O5/c1-19-28(44-18-45-29(19)35(41,42)43)22-16-21(34(38,39)40)5-6-23(22)46-31(51)25-30(50)33(8-3-9-33)47(2)49(32(25)52)17-20-4-7-24(27(37)26(20)36)54-15-12-48-10-13-53-14-11-48/h4-7,16,18,50H,3,8-15,17H2,1-2H3,(H,46,51). The van der Waals surface area contributed by atoms with Gasteiger partial charge in [-0.1, -0.05) is 6.07 Å². The largest absolute Gasteiger partial charge is 0.509 e. The summed E-state index contributed by atoms with van der Waals surface area (Å²) < 4.78 is 124. The Bertz CT molecular complexity index is 1980. The van der Waals surface area contributed by atoms with E-state index in [2.05, 4.69) is 15.3 Å². The monoisotopic (exact) mass is 770 g/mol. The number of likely N-dealkylation sites (N-methyl/N-ethyl adjacent to an activating group) is 1. The number of amides is 2. The molecule has 11 nitrogen and oxygen atoms in total. The maximum atomic E-state index is 15.5. The maximum Gasteiger partial charge on any atom is 0.433 e. The molecule has 2 fully saturated rings. The van der Waals surface area contributed by atoms with Crippen molar-refractivity contribution in [3.8, 4) is 17.0 Å². The number of anilines is 1. The van der Waals surface area contributed by atoms with Gasteiger partial charge < -0.3 is 19.9 Å². The summed E-state index contributed by atoms with van der Waals surface area (Å²) >= 11 is 0. The summed E-state index contributed by atoms with van der Waals surface area (Å²) in [7, 11) is 1.42. The van der Waals surface area contributed by atoms with Gasteiger partial charge in [-0.15, -0.1) is 0 Å². The number of alkyl halides is 6. The number of morpholine rings is 1. The number of carbonyl (C=O) groups excluding carboxylic acids is 2. The third kappa shape index (κ3) is 7.31. The minimum absolute atomic E-state index is 0.0645. The van der Waals surface area contributed by atoms with Gasteiger partial charge in [-0.05, 0) is 50.5 Å². The van der Waals surface area contributed by atoms with Crippen LogP contribution < -0.4 is 10.1 Å². The number of halogens is 8. The Labute approximate surface area is 303 Å². The molecule has 1 aromatic heterocycles. The van der Waals surface area contributed by atoms with Crippen molar-refractivity contribution in [1.29, 1.82) is 0 Å². The van der Waals surface area contributed by atoms with Gasteiger partial charge in [0.25, 0.3) is 11.8 Å². The molecule has 6 rings (SSSR count). The van der Waals surface area contributed by atoms with E-state index in [9.17, 15) is 41.0 Å². The average Bonchev–Trinajstić information content (AvgIpc) is 3.08. The summed E-state index contributed by atoms with van der Waals surface area (Å²) in [6.07, 6.45) is -8.43. The van der Waals surface area contributed by atoms with Gasteiger partial charge in [-0.2, -0.15) is 30.7 Å². The normalized spacial score (nSPS) is 18.3. The van der Waals surface area contributed by atoms with Gasteiger partial charge in [-0.3, -0.25) is 19.5 Å². The first-order chi connectivity index (χ1) is 25.4. The van der Waals surface area contributed by atoms with Crippen molar-refractivity contribution in [3.05, 3.63) is 82.0 Å². The molecule has 290 valence electrons. The fourth-order valence-corrected chi connectivity index (χ4v) is 6.73. The third-order valence-corrected chi connectivity index (χ3v) is 9.93. The van der Waals surface area contributed by atoms with E-state index in [0.717, 1.165) is 18.0 Å². The lowest BCUT2D eigenvalue weighted by Gasteiger charge is -2.54. The quantitative estimate of drug-likeness (QED) is 0.198. The number of aromatic nitrogens is 2.